The molecule has 28 heavy (non-hydrogen) atoms. The van der Waals surface area contributed by atoms with E-state index in [1.165, 1.54) is 6.07 Å². The molecule has 1 amide bonds. The molecule has 1 saturated carbocycles. The van der Waals surface area contributed by atoms with Crippen LogP contribution in [0.25, 0.3) is 0 Å². The maximum Gasteiger partial charge on any atom is 1.00 e. The summed E-state index contributed by atoms with van der Waals surface area (Å²) in [7, 11) is -5.12. The van der Waals surface area contributed by atoms with Crippen molar-refractivity contribution < 1.29 is 83.1 Å². The number of fused-ring (bicyclic) bond motifs is 4. The first-order chi connectivity index (χ1) is 12.6. The molecule has 6 N–H and O–H groups in total. The van der Waals surface area contributed by atoms with Gasteiger partial charge in [-0.1, -0.05) is 0 Å². The fourth-order valence-corrected chi connectivity index (χ4v) is 4.40. The summed E-state index contributed by atoms with van der Waals surface area (Å²) in [4.78, 5) is 30.7. The maximum absolute atomic E-state index is 12.5. The van der Waals surface area contributed by atoms with Crippen molar-refractivity contribution in [2.75, 3.05) is 6.79 Å². The van der Waals surface area contributed by atoms with Crippen molar-refractivity contribution in [3.8, 4) is 17.2 Å². The zero-order chi connectivity index (χ0) is 19.7. The van der Waals surface area contributed by atoms with Gasteiger partial charge in [0.25, 0.3) is 5.91 Å². The van der Waals surface area contributed by atoms with Crippen LogP contribution in [0.15, 0.2) is 6.07 Å². The normalized spacial score (nSPS) is 33.4. The van der Waals surface area contributed by atoms with Crippen molar-refractivity contribution in [3.05, 3.63) is 17.2 Å². The fourth-order valence-electron chi connectivity index (χ4n) is 3.83. The summed E-state index contributed by atoms with van der Waals surface area (Å²) in [5.41, 5.74) is -0.353. The molecule has 1 aliphatic carbocycles. The molecule has 0 radical (unpaired) electrons. The Kier molecular flexibility index (Phi) is 5.76. The molecule has 1 aromatic rings. The minimum absolute atomic E-state index is 0. The Bertz CT molecular complexity index is 860. The number of nitrogens with one attached hydrogen (secondary N) is 1. The van der Waals surface area contributed by atoms with Crippen molar-refractivity contribution >= 4 is 13.7 Å². The van der Waals surface area contributed by atoms with Crippen LogP contribution in [-0.4, -0.2) is 68.3 Å². The van der Waals surface area contributed by atoms with E-state index in [9.17, 15) is 29.8 Å². The topological polar surface area (TPSA) is 198 Å². The molecule has 6 atom stereocenters. The number of benzene rings is 1. The first kappa shape index (κ1) is 21.8. The summed E-state index contributed by atoms with van der Waals surface area (Å²) in [5, 5.41) is 45.6. The summed E-state index contributed by atoms with van der Waals surface area (Å²) in [6.07, 6.45) is -7.17. The predicted octanol–water partition coefficient (Wildman–Crippen LogP) is -5.74. The van der Waals surface area contributed by atoms with Gasteiger partial charge in [-0.15, -0.1) is 0 Å². The first-order valence-corrected chi connectivity index (χ1v) is 9.35. The Morgan fingerprint density at radius 2 is 1.86 bits per heavy atom. The van der Waals surface area contributed by atoms with Crippen molar-refractivity contribution in [1.82, 2.24) is 5.32 Å². The van der Waals surface area contributed by atoms with E-state index in [-0.39, 0.29) is 59.0 Å². The second-order valence-electron chi connectivity index (χ2n) is 6.46. The van der Waals surface area contributed by atoms with E-state index in [2.05, 4.69) is 9.84 Å². The smallest absolute Gasteiger partial charge is 0.869 e. The third-order valence-corrected chi connectivity index (χ3v) is 5.46. The van der Waals surface area contributed by atoms with Gasteiger partial charge in [0.2, 0.25) is 6.79 Å². The number of hydrogen-bond donors (Lipinski definition) is 6. The molecule has 14 heteroatoms. The summed E-state index contributed by atoms with van der Waals surface area (Å²) < 4.78 is 26.0. The Hall–Kier alpha value is -0.920. The van der Waals surface area contributed by atoms with Crippen LogP contribution in [-0.2, 0) is 9.09 Å². The van der Waals surface area contributed by atoms with Gasteiger partial charge in [0.05, 0.1) is 12.1 Å². The van der Waals surface area contributed by atoms with Gasteiger partial charge in [0.15, 0.2) is 11.5 Å². The second-order valence-corrected chi connectivity index (χ2v) is 7.65. The molecule has 12 nitrogen and oxygen atoms in total. The molecular weight excluding hydrogens is 412 g/mol. The Labute approximate surface area is 179 Å². The van der Waals surface area contributed by atoms with Gasteiger partial charge in [-0.2, -0.15) is 0 Å². The van der Waals surface area contributed by atoms with Crippen LogP contribution in [0.3, 0.4) is 0 Å². The van der Waals surface area contributed by atoms with Gasteiger partial charge in [-0.25, -0.2) is 4.57 Å². The Morgan fingerprint density at radius 3 is 2.50 bits per heavy atom. The molecule has 0 spiro atoms. The number of ether oxygens (including phenoxy) is 2. The molecule has 2 aliphatic heterocycles. The summed E-state index contributed by atoms with van der Waals surface area (Å²) in [6, 6.07) is -0.0386. The monoisotopic (exact) mass is 427 g/mol. The summed E-state index contributed by atoms with van der Waals surface area (Å²) >= 11 is 0. The van der Waals surface area contributed by atoms with Crippen LogP contribution < -0.4 is 49.5 Å². The number of amides is 1. The maximum atomic E-state index is 12.5. The number of rotatable bonds is 2. The molecule has 1 fully saturated rings. The molecule has 1 aromatic carbocycles. The van der Waals surface area contributed by atoms with Crippen LogP contribution in [0.5, 0.6) is 17.2 Å². The quantitative estimate of drug-likeness (QED) is 0.194. The van der Waals surface area contributed by atoms with E-state index >= 15 is 0 Å². The van der Waals surface area contributed by atoms with Gasteiger partial charge in [0, 0.05) is 11.5 Å². The number of carbonyl (C=O) groups excluding carboxylic acids is 1. The van der Waals surface area contributed by atoms with Crippen LogP contribution in [0.2, 0.25) is 0 Å². The Morgan fingerprint density at radius 1 is 1.18 bits per heavy atom. The van der Waals surface area contributed by atoms with E-state index in [4.69, 9.17) is 19.3 Å². The van der Waals surface area contributed by atoms with Gasteiger partial charge in [-0.05, 0) is 17.4 Å². The number of phosphoric ester groups is 1. The standard InChI is InChI=1S/C14H16NO11P.Na/c16-8-5-3-1-4-12(25-2-24-4)9(17)6(3)14(20)15-7(5)13(11(19)10(8)18)26-27(21,22)23;/h1,5,7-8,10-11,13,16-19H,2H2,(H,15,20)(H2,21,22,23);/q;+1/p-1/t5-,7-,8-,10+,11-,13+;/m1./s1. The summed E-state index contributed by atoms with van der Waals surface area (Å²) in [5.74, 6) is -3.01. The third kappa shape index (κ3) is 3.33. The number of phosphoric acid groups is 1. The van der Waals surface area contributed by atoms with Gasteiger partial charge >= 0.3 is 37.4 Å². The molecule has 0 bridgehead atoms. The zero-order valence-electron chi connectivity index (χ0n) is 14.4. The van der Waals surface area contributed by atoms with Crippen molar-refractivity contribution in [1.29, 1.82) is 0 Å². The average Bonchev–Trinajstić information content (AvgIpc) is 3.04. The number of hydrogen-bond acceptors (Lipinski definition) is 9. The van der Waals surface area contributed by atoms with Crippen molar-refractivity contribution in [2.45, 2.75) is 36.4 Å². The first-order valence-electron chi connectivity index (χ1n) is 7.82. The van der Waals surface area contributed by atoms with Crippen LogP contribution in [0.4, 0.5) is 0 Å². The number of aliphatic hydroxyl groups is 3. The van der Waals surface area contributed by atoms with Crippen LogP contribution >= 0.6 is 7.82 Å². The van der Waals surface area contributed by atoms with E-state index in [0.717, 1.165) is 0 Å². The molecule has 0 saturated heterocycles. The van der Waals surface area contributed by atoms with Gasteiger partial charge < -0.3 is 45.0 Å². The number of carbonyl (C=O) groups is 1. The molecule has 2 heterocycles. The summed E-state index contributed by atoms with van der Waals surface area (Å²) in [6.45, 7) is -0.239. The number of aliphatic hydroxyl groups excluding tert-OH is 3. The molecule has 0 unspecified atom stereocenters. The molecule has 148 valence electrons. The second kappa shape index (κ2) is 7.40. The van der Waals surface area contributed by atoms with Crippen LogP contribution in [0.1, 0.15) is 21.8 Å². The Balaban J connectivity index is 0.00000225. The van der Waals surface area contributed by atoms with E-state index in [1.54, 1.807) is 0 Å². The minimum atomic E-state index is -5.12. The molecular formula is C14H15NNaO11P. The van der Waals surface area contributed by atoms with E-state index < -0.39 is 55.9 Å². The minimum Gasteiger partial charge on any atom is -0.869 e. The predicted molar refractivity (Wildman–Crippen MR) is 80.9 cm³/mol. The fraction of sp³-hybridized carbons (Fsp3) is 0.500. The van der Waals surface area contributed by atoms with Crippen molar-refractivity contribution in [2.24, 2.45) is 0 Å². The van der Waals surface area contributed by atoms with Crippen molar-refractivity contribution in [3.63, 3.8) is 0 Å². The van der Waals surface area contributed by atoms with E-state index in [1.807, 2.05) is 0 Å². The van der Waals surface area contributed by atoms with Gasteiger partial charge in [0.1, 0.15) is 18.3 Å². The molecule has 0 aromatic heterocycles. The molecule has 3 aliphatic rings. The van der Waals surface area contributed by atoms with Gasteiger partial charge in [-0.3, -0.25) is 9.32 Å². The van der Waals surface area contributed by atoms with E-state index in [0.29, 0.717) is 0 Å². The largest absolute Gasteiger partial charge is 1.00 e. The average molecular weight is 427 g/mol. The SMILES string of the molecule is O=C1N[C@H]2[C@H](OP(=O)(O)O)[C@H](O)[C@@H](O)[C@H](O)[C@@H]2c2cc3c(c([O-])c21)OCO3.[Na+]. The van der Waals surface area contributed by atoms with Crippen LogP contribution in [0, 0.1) is 0 Å². The molecule has 4 rings (SSSR count). The zero-order valence-corrected chi connectivity index (χ0v) is 17.3. The third-order valence-electron chi connectivity index (χ3n) is 4.94.